The number of hydrogen-bond donors (Lipinski definition) is 1. The molecule has 2 N–H and O–H groups in total. The van der Waals surface area contributed by atoms with E-state index in [-0.39, 0.29) is 0 Å². The Morgan fingerprint density at radius 2 is 2.17 bits per heavy atom. The van der Waals surface area contributed by atoms with E-state index in [1.165, 1.54) is 26.1 Å². The van der Waals surface area contributed by atoms with Gasteiger partial charge in [0.2, 0.25) is 0 Å². The molecule has 2 heteroatoms. The van der Waals surface area contributed by atoms with E-state index in [1.54, 1.807) is 0 Å². The van der Waals surface area contributed by atoms with Gasteiger partial charge < -0.3 is 10.6 Å². The van der Waals surface area contributed by atoms with Gasteiger partial charge in [-0.15, -0.1) is 0 Å². The summed E-state index contributed by atoms with van der Waals surface area (Å²) >= 11 is 0. The fraction of sp³-hybridized carbons (Fsp3) is 1.00. The average Bonchev–Trinajstić information content (AvgIpc) is 2.26. The second-order valence-corrected chi connectivity index (χ2v) is 4.94. The summed E-state index contributed by atoms with van der Waals surface area (Å²) in [4.78, 5) is 2.59. The fourth-order valence-corrected chi connectivity index (χ4v) is 2.72. The van der Waals surface area contributed by atoms with Gasteiger partial charge in [-0.1, -0.05) is 13.8 Å². The van der Waals surface area contributed by atoms with Gasteiger partial charge in [0.05, 0.1) is 0 Å². The Morgan fingerprint density at radius 1 is 1.42 bits per heavy atom. The first-order valence-electron chi connectivity index (χ1n) is 5.14. The van der Waals surface area contributed by atoms with Gasteiger partial charge in [0.1, 0.15) is 0 Å². The molecule has 0 aromatic rings. The van der Waals surface area contributed by atoms with Crippen LogP contribution in [0.1, 0.15) is 20.3 Å². The zero-order valence-electron chi connectivity index (χ0n) is 8.16. The number of nitrogens with zero attached hydrogens (tertiary/aromatic N) is 1. The van der Waals surface area contributed by atoms with Crippen molar-refractivity contribution in [2.45, 2.75) is 26.3 Å². The summed E-state index contributed by atoms with van der Waals surface area (Å²) in [5.74, 6) is 2.58. The zero-order chi connectivity index (χ0) is 8.72. The molecule has 1 heterocycles. The topological polar surface area (TPSA) is 29.3 Å². The van der Waals surface area contributed by atoms with Crippen LogP contribution >= 0.6 is 0 Å². The maximum Gasteiger partial charge on any atom is 0.00857 e. The minimum absolute atomic E-state index is 0.521. The quantitative estimate of drug-likeness (QED) is 0.664. The van der Waals surface area contributed by atoms with E-state index >= 15 is 0 Å². The third-order valence-corrected chi connectivity index (χ3v) is 3.32. The van der Waals surface area contributed by atoms with Gasteiger partial charge >= 0.3 is 0 Å². The van der Waals surface area contributed by atoms with Crippen LogP contribution in [0.25, 0.3) is 0 Å². The van der Waals surface area contributed by atoms with Crippen LogP contribution in [-0.2, 0) is 0 Å². The summed E-state index contributed by atoms with van der Waals surface area (Å²) in [5, 5.41) is 0. The molecule has 2 fully saturated rings. The summed E-state index contributed by atoms with van der Waals surface area (Å²) in [6.07, 6.45) is 1.28. The lowest BCUT2D eigenvalue weighted by molar-refractivity contribution is 0.194. The van der Waals surface area contributed by atoms with Gasteiger partial charge in [0.25, 0.3) is 0 Å². The molecule has 0 aromatic heterocycles. The highest BCUT2D eigenvalue weighted by molar-refractivity contribution is 4.99. The lowest BCUT2D eigenvalue weighted by Gasteiger charge is -2.36. The molecular weight excluding hydrogens is 148 g/mol. The van der Waals surface area contributed by atoms with Gasteiger partial charge in [-0.25, -0.2) is 0 Å². The van der Waals surface area contributed by atoms with Crippen LogP contribution in [0.15, 0.2) is 0 Å². The smallest absolute Gasteiger partial charge is 0.00857 e. The van der Waals surface area contributed by atoms with E-state index in [4.69, 9.17) is 5.73 Å². The SMILES string of the molecule is CC(C)CN1CC2CC(N)C2C1. The van der Waals surface area contributed by atoms with E-state index in [0.717, 1.165) is 17.8 Å². The summed E-state index contributed by atoms with van der Waals surface area (Å²) < 4.78 is 0. The molecule has 2 nitrogen and oxygen atoms in total. The van der Waals surface area contributed by atoms with Crippen molar-refractivity contribution in [3.05, 3.63) is 0 Å². The van der Waals surface area contributed by atoms with Crippen LogP contribution in [0, 0.1) is 17.8 Å². The van der Waals surface area contributed by atoms with Crippen molar-refractivity contribution in [3.63, 3.8) is 0 Å². The lowest BCUT2D eigenvalue weighted by atomic mass is 9.72. The monoisotopic (exact) mass is 168 g/mol. The highest BCUT2D eigenvalue weighted by Gasteiger charge is 2.44. The Bertz CT molecular complexity index is 167. The van der Waals surface area contributed by atoms with Gasteiger partial charge in [-0.3, -0.25) is 0 Å². The van der Waals surface area contributed by atoms with Crippen molar-refractivity contribution in [3.8, 4) is 0 Å². The van der Waals surface area contributed by atoms with Crippen LogP contribution in [0.3, 0.4) is 0 Å². The largest absolute Gasteiger partial charge is 0.327 e. The number of hydrogen-bond acceptors (Lipinski definition) is 2. The fourth-order valence-electron chi connectivity index (χ4n) is 2.72. The second-order valence-electron chi connectivity index (χ2n) is 4.94. The maximum absolute atomic E-state index is 5.93. The van der Waals surface area contributed by atoms with E-state index in [2.05, 4.69) is 18.7 Å². The summed E-state index contributed by atoms with van der Waals surface area (Å²) in [5.41, 5.74) is 5.93. The first-order valence-corrected chi connectivity index (χ1v) is 5.14. The zero-order valence-corrected chi connectivity index (χ0v) is 8.16. The number of rotatable bonds is 2. The molecule has 1 aliphatic carbocycles. The lowest BCUT2D eigenvalue weighted by Crippen LogP contribution is -2.46. The molecule has 0 radical (unpaired) electrons. The molecule has 3 unspecified atom stereocenters. The third kappa shape index (κ3) is 1.38. The van der Waals surface area contributed by atoms with E-state index in [1.807, 2.05) is 0 Å². The average molecular weight is 168 g/mol. The van der Waals surface area contributed by atoms with Crippen LogP contribution in [0.5, 0.6) is 0 Å². The molecule has 0 bridgehead atoms. The Balaban J connectivity index is 1.82. The van der Waals surface area contributed by atoms with Crippen molar-refractivity contribution in [1.82, 2.24) is 4.90 Å². The molecule has 3 atom stereocenters. The number of likely N-dealkylation sites (tertiary alicyclic amines) is 1. The number of nitrogens with two attached hydrogens (primary N) is 1. The standard InChI is InChI=1S/C10H20N2/c1-7(2)4-12-5-8-3-10(11)9(8)6-12/h7-10H,3-6,11H2,1-2H3. The Hall–Kier alpha value is -0.0800. The Kier molecular flexibility index (Phi) is 2.13. The van der Waals surface area contributed by atoms with Crippen molar-refractivity contribution < 1.29 is 0 Å². The van der Waals surface area contributed by atoms with Gasteiger partial charge in [-0.05, 0) is 24.2 Å². The predicted molar refractivity (Wildman–Crippen MR) is 50.9 cm³/mol. The van der Waals surface area contributed by atoms with Crippen molar-refractivity contribution in [2.75, 3.05) is 19.6 Å². The minimum Gasteiger partial charge on any atom is -0.327 e. The molecule has 0 aromatic carbocycles. The van der Waals surface area contributed by atoms with Gasteiger partial charge in [0.15, 0.2) is 0 Å². The van der Waals surface area contributed by atoms with Gasteiger partial charge in [-0.2, -0.15) is 0 Å². The van der Waals surface area contributed by atoms with Crippen LogP contribution in [0.2, 0.25) is 0 Å². The molecular formula is C10H20N2. The normalized spacial score (nSPS) is 41.5. The Morgan fingerprint density at radius 3 is 2.67 bits per heavy atom. The first kappa shape index (κ1) is 8.52. The molecule has 2 rings (SSSR count). The molecule has 0 spiro atoms. The third-order valence-electron chi connectivity index (χ3n) is 3.32. The summed E-state index contributed by atoms with van der Waals surface area (Å²) in [6, 6.07) is 0.521. The molecule has 1 aliphatic heterocycles. The van der Waals surface area contributed by atoms with Crippen LogP contribution in [-0.4, -0.2) is 30.6 Å². The molecule has 70 valence electrons. The Labute approximate surface area is 75.1 Å². The predicted octanol–water partition coefficient (Wildman–Crippen LogP) is 0.921. The van der Waals surface area contributed by atoms with Crippen molar-refractivity contribution >= 4 is 0 Å². The molecule has 0 amide bonds. The van der Waals surface area contributed by atoms with E-state index in [0.29, 0.717) is 6.04 Å². The van der Waals surface area contributed by atoms with Crippen LogP contribution in [0.4, 0.5) is 0 Å². The van der Waals surface area contributed by atoms with Crippen LogP contribution < -0.4 is 5.73 Å². The minimum atomic E-state index is 0.521. The molecule has 1 saturated heterocycles. The molecule has 12 heavy (non-hydrogen) atoms. The van der Waals surface area contributed by atoms with E-state index < -0.39 is 0 Å². The maximum atomic E-state index is 5.93. The highest BCUT2D eigenvalue weighted by Crippen LogP contribution is 2.39. The van der Waals surface area contributed by atoms with Crippen molar-refractivity contribution in [2.24, 2.45) is 23.5 Å². The molecule has 2 aliphatic rings. The first-order chi connectivity index (χ1) is 5.66. The summed E-state index contributed by atoms with van der Waals surface area (Å²) in [6.45, 7) is 8.43. The molecule has 1 saturated carbocycles. The summed E-state index contributed by atoms with van der Waals surface area (Å²) in [7, 11) is 0. The number of fused-ring (bicyclic) bond motifs is 1. The van der Waals surface area contributed by atoms with E-state index in [9.17, 15) is 0 Å². The highest BCUT2D eigenvalue weighted by atomic mass is 15.2. The van der Waals surface area contributed by atoms with Crippen molar-refractivity contribution in [1.29, 1.82) is 0 Å². The second kappa shape index (κ2) is 3.00. The van der Waals surface area contributed by atoms with Gasteiger partial charge in [0, 0.05) is 25.7 Å².